The van der Waals surface area contributed by atoms with Crippen LogP contribution in [0.25, 0.3) is 0 Å². The molecular weight excluding hydrogens is 232 g/mol. The number of hydrogen-bond acceptors (Lipinski definition) is 3. The Hall–Kier alpha value is -1.91. The minimum atomic E-state index is -1.13. The van der Waals surface area contributed by atoms with Crippen molar-refractivity contribution in [3.05, 3.63) is 29.6 Å². The average molecular weight is 248 g/mol. The van der Waals surface area contributed by atoms with Crippen molar-refractivity contribution >= 4 is 11.9 Å². The van der Waals surface area contributed by atoms with Gasteiger partial charge in [0.15, 0.2) is 0 Å². The molecule has 0 unspecified atom stereocenters. The first kappa shape index (κ1) is 12.5. The van der Waals surface area contributed by atoms with Crippen molar-refractivity contribution < 1.29 is 14.7 Å². The van der Waals surface area contributed by atoms with Crippen LogP contribution in [-0.4, -0.2) is 27.5 Å². The molecule has 0 radical (unpaired) electrons. The van der Waals surface area contributed by atoms with Gasteiger partial charge in [0.25, 0.3) is 5.91 Å². The molecular formula is C13H16N2O3. The van der Waals surface area contributed by atoms with E-state index in [1.807, 2.05) is 6.92 Å². The monoisotopic (exact) mass is 248 g/mol. The van der Waals surface area contributed by atoms with Crippen LogP contribution in [0.15, 0.2) is 18.2 Å². The molecule has 1 saturated carbocycles. The van der Waals surface area contributed by atoms with Gasteiger partial charge in [-0.2, -0.15) is 0 Å². The maximum absolute atomic E-state index is 12.0. The van der Waals surface area contributed by atoms with Crippen molar-refractivity contribution in [1.82, 2.24) is 10.3 Å². The molecule has 0 aromatic carbocycles. The summed E-state index contributed by atoms with van der Waals surface area (Å²) in [5, 5.41) is 11.8. The lowest BCUT2D eigenvalue weighted by molar-refractivity contribution is 0.0690. The van der Waals surface area contributed by atoms with Gasteiger partial charge in [0.2, 0.25) is 0 Å². The summed E-state index contributed by atoms with van der Waals surface area (Å²) >= 11 is 0. The Bertz CT molecular complexity index is 475. The first-order chi connectivity index (χ1) is 8.56. The standard InChI is InChI=1S/C13H16N2O3/c1-2-13(7-4-8-13)15-11(16)9-5-3-6-10(14-9)12(17)18/h3,5-6H,2,4,7-8H2,1H3,(H,15,16)(H,17,18). The second-order valence-corrected chi connectivity index (χ2v) is 4.65. The first-order valence-corrected chi connectivity index (χ1v) is 6.09. The fourth-order valence-electron chi connectivity index (χ4n) is 2.16. The van der Waals surface area contributed by atoms with E-state index in [1.165, 1.54) is 18.2 Å². The number of rotatable bonds is 4. The third kappa shape index (κ3) is 2.34. The van der Waals surface area contributed by atoms with Crippen LogP contribution in [0.3, 0.4) is 0 Å². The fourth-order valence-corrected chi connectivity index (χ4v) is 2.16. The number of aromatic carboxylic acids is 1. The van der Waals surface area contributed by atoms with Crippen molar-refractivity contribution in [3.8, 4) is 0 Å². The molecule has 0 spiro atoms. The van der Waals surface area contributed by atoms with Gasteiger partial charge in [-0.15, -0.1) is 0 Å². The van der Waals surface area contributed by atoms with Crippen LogP contribution in [0, 0.1) is 0 Å². The van der Waals surface area contributed by atoms with E-state index in [9.17, 15) is 9.59 Å². The number of amides is 1. The molecule has 5 nitrogen and oxygen atoms in total. The number of pyridine rings is 1. The van der Waals surface area contributed by atoms with Gasteiger partial charge in [0.1, 0.15) is 11.4 Å². The van der Waals surface area contributed by atoms with E-state index >= 15 is 0 Å². The number of aromatic nitrogens is 1. The number of carboxylic acids is 1. The zero-order valence-electron chi connectivity index (χ0n) is 10.3. The maximum Gasteiger partial charge on any atom is 0.354 e. The molecule has 0 saturated heterocycles. The van der Waals surface area contributed by atoms with Crippen LogP contribution in [0.1, 0.15) is 53.6 Å². The molecule has 0 bridgehead atoms. The number of carbonyl (C=O) groups is 2. The van der Waals surface area contributed by atoms with E-state index < -0.39 is 5.97 Å². The number of hydrogen-bond donors (Lipinski definition) is 2. The number of nitrogens with zero attached hydrogens (tertiary/aromatic N) is 1. The van der Waals surface area contributed by atoms with E-state index in [0.29, 0.717) is 0 Å². The summed E-state index contributed by atoms with van der Waals surface area (Å²) < 4.78 is 0. The molecule has 1 fully saturated rings. The third-order valence-corrected chi connectivity index (χ3v) is 3.57. The smallest absolute Gasteiger partial charge is 0.354 e. The van der Waals surface area contributed by atoms with Crippen molar-refractivity contribution in [2.24, 2.45) is 0 Å². The Labute approximate surface area is 105 Å². The maximum atomic E-state index is 12.0. The topological polar surface area (TPSA) is 79.3 Å². The van der Waals surface area contributed by atoms with Gasteiger partial charge in [-0.1, -0.05) is 13.0 Å². The summed E-state index contributed by atoms with van der Waals surface area (Å²) in [6, 6.07) is 4.44. The highest BCUT2D eigenvalue weighted by Crippen LogP contribution is 2.34. The molecule has 1 heterocycles. The molecule has 2 rings (SSSR count). The Morgan fingerprint density at radius 3 is 2.56 bits per heavy atom. The number of carbonyl (C=O) groups excluding carboxylic acids is 1. The van der Waals surface area contributed by atoms with E-state index in [0.717, 1.165) is 25.7 Å². The quantitative estimate of drug-likeness (QED) is 0.852. The summed E-state index contributed by atoms with van der Waals surface area (Å²) in [4.78, 5) is 26.6. The van der Waals surface area contributed by atoms with Crippen molar-refractivity contribution in [2.75, 3.05) is 0 Å². The molecule has 2 N–H and O–H groups in total. The Kier molecular flexibility index (Phi) is 3.32. The van der Waals surface area contributed by atoms with Crippen molar-refractivity contribution in [1.29, 1.82) is 0 Å². The number of nitrogens with one attached hydrogen (secondary N) is 1. The van der Waals surface area contributed by atoms with Crippen molar-refractivity contribution in [2.45, 2.75) is 38.1 Å². The van der Waals surface area contributed by atoms with E-state index in [2.05, 4.69) is 10.3 Å². The Balaban J connectivity index is 2.13. The van der Waals surface area contributed by atoms with Gasteiger partial charge in [0.05, 0.1) is 0 Å². The summed E-state index contributed by atoms with van der Waals surface area (Å²) in [6.45, 7) is 2.04. The lowest BCUT2D eigenvalue weighted by atomic mass is 9.75. The van der Waals surface area contributed by atoms with E-state index in [-0.39, 0.29) is 22.8 Å². The minimum absolute atomic E-state index is 0.109. The van der Waals surface area contributed by atoms with Gasteiger partial charge < -0.3 is 10.4 Å². The highest BCUT2D eigenvalue weighted by Gasteiger charge is 2.36. The third-order valence-electron chi connectivity index (χ3n) is 3.57. The summed E-state index contributed by atoms with van der Waals surface area (Å²) in [5.74, 6) is -1.42. The van der Waals surface area contributed by atoms with Crippen LogP contribution in [-0.2, 0) is 0 Å². The van der Waals surface area contributed by atoms with Gasteiger partial charge in [-0.3, -0.25) is 4.79 Å². The van der Waals surface area contributed by atoms with Crippen LogP contribution in [0.2, 0.25) is 0 Å². The first-order valence-electron chi connectivity index (χ1n) is 6.09. The van der Waals surface area contributed by atoms with Crippen LogP contribution in [0.4, 0.5) is 0 Å². The lowest BCUT2D eigenvalue weighted by Crippen LogP contribution is -2.53. The second kappa shape index (κ2) is 4.76. The molecule has 0 aliphatic heterocycles. The predicted molar refractivity (Wildman–Crippen MR) is 65.5 cm³/mol. The van der Waals surface area contributed by atoms with Crippen LogP contribution >= 0.6 is 0 Å². The van der Waals surface area contributed by atoms with Crippen LogP contribution in [0.5, 0.6) is 0 Å². The Morgan fingerprint density at radius 2 is 2.06 bits per heavy atom. The lowest BCUT2D eigenvalue weighted by Gasteiger charge is -2.41. The Morgan fingerprint density at radius 1 is 1.39 bits per heavy atom. The predicted octanol–water partition coefficient (Wildman–Crippen LogP) is 1.84. The normalized spacial score (nSPS) is 16.7. The summed E-state index contributed by atoms with van der Waals surface area (Å²) in [5.41, 5.74) is -0.0609. The number of carboxylic acid groups (broad SMARTS) is 1. The molecule has 18 heavy (non-hydrogen) atoms. The van der Waals surface area contributed by atoms with Gasteiger partial charge in [-0.05, 0) is 37.8 Å². The van der Waals surface area contributed by atoms with Crippen LogP contribution < -0.4 is 5.32 Å². The zero-order valence-corrected chi connectivity index (χ0v) is 10.3. The van der Waals surface area contributed by atoms with E-state index in [4.69, 9.17) is 5.11 Å². The van der Waals surface area contributed by atoms with E-state index in [1.54, 1.807) is 0 Å². The van der Waals surface area contributed by atoms with Gasteiger partial charge >= 0.3 is 5.97 Å². The highest BCUT2D eigenvalue weighted by molar-refractivity contribution is 5.94. The van der Waals surface area contributed by atoms with Gasteiger partial charge in [-0.25, -0.2) is 9.78 Å². The van der Waals surface area contributed by atoms with Crippen molar-refractivity contribution in [3.63, 3.8) is 0 Å². The largest absolute Gasteiger partial charge is 0.477 e. The molecule has 1 aliphatic rings. The molecule has 1 aromatic rings. The highest BCUT2D eigenvalue weighted by atomic mass is 16.4. The fraction of sp³-hybridized carbons (Fsp3) is 0.462. The molecule has 1 amide bonds. The summed E-state index contributed by atoms with van der Waals surface area (Å²) in [7, 11) is 0. The molecule has 1 aromatic heterocycles. The molecule has 96 valence electrons. The second-order valence-electron chi connectivity index (χ2n) is 4.65. The van der Waals surface area contributed by atoms with Gasteiger partial charge in [0, 0.05) is 5.54 Å². The molecule has 5 heteroatoms. The minimum Gasteiger partial charge on any atom is -0.477 e. The SMILES string of the molecule is CCC1(NC(=O)c2cccc(C(=O)O)n2)CCC1. The molecule has 1 aliphatic carbocycles. The summed E-state index contributed by atoms with van der Waals surface area (Å²) in [6.07, 6.45) is 3.97. The molecule has 0 atom stereocenters. The zero-order chi connectivity index (χ0) is 13.2. The average Bonchev–Trinajstić information content (AvgIpc) is 2.33.